The van der Waals surface area contributed by atoms with Crippen LogP contribution in [0.2, 0.25) is 0 Å². The number of nitro benzene ring substituents is 1. The SMILES string of the molecule is Cc1cc(/C=N/Oc2cccc(/C=N/Oc3ccc(/C=N/OCc4ccccc4)cc3[N+](=O)[O-])c2)ccc1O. The summed E-state index contributed by atoms with van der Waals surface area (Å²) < 4.78 is 0. The number of nitrogens with zero attached hydrogens (tertiary/aromatic N) is 4. The molecule has 0 amide bonds. The Hall–Kier alpha value is -5.51. The average molecular weight is 525 g/mol. The lowest BCUT2D eigenvalue weighted by atomic mass is 10.1. The first kappa shape index (κ1) is 26.6. The second-order valence-corrected chi connectivity index (χ2v) is 8.25. The molecule has 10 nitrogen and oxygen atoms in total. The van der Waals surface area contributed by atoms with Crippen LogP contribution in [0.3, 0.4) is 0 Å². The molecular weight excluding hydrogens is 500 g/mol. The van der Waals surface area contributed by atoms with E-state index < -0.39 is 4.92 Å². The minimum atomic E-state index is -0.560. The van der Waals surface area contributed by atoms with Crippen LogP contribution >= 0.6 is 0 Å². The van der Waals surface area contributed by atoms with Gasteiger partial charge >= 0.3 is 5.69 Å². The average Bonchev–Trinajstić information content (AvgIpc) is 2.94. The van der Waals surface area contributed by atoms with Crippen LogP contribution in [-0.2, 0) is 11.4 Å². The van der Waals surface area contributed by atoms with E-state index in [1.807, 2.05) is 30.3 Å². The van der Waals surface area contributed by atoms with Crippen molar-refractivity contribution in [1.82, 2.24) is 0 Å². The zero-order valence-corrected chi connectivity index (χ0v) is 20.9. The van der Waals surface area contributed by atoms with Crippen molar-refractivity contribution < 1.29 is 24.5 Å². The Morgan fingerprint density at radius 2 is 1.49 bits per heavy atom. The number of aromatic hydroxyl groups is 1. The van der Waals surface area contributed by atoms with Gasteiger partial charge in [-0.15, -0.1) is 0 Å². The van der Waals surface area contributed by atoms with Gasteiger partial charge in [-0.05, 0) is 71.6 Å². The molecule has 196 valence electrons. The van der Waals surface area contributed by atoms with Crippen LogP contribution in [0.1, 0.15) is 27.8 Å². The number of nitro groups is 1. The molecule has 0 unspecified atom stereocenters. The topological polar surface area (TPSA) is 128 Å². The maximum absolute atomic E-state index is 11.6. The van der Waals surface area contributed by atoms with E-state index >= 15 is 0 Å². The summed E-state index contributed by atoms with van der Waals surface area (Å²) in [4.78, 5) is 27.0. The highest BCUT2D eigenvalue weighted by Gasteiger charge is 2.16. The summed E-state index contributed by atoms with van der Waals surface area (Å²) in [5.41, 5.74) is 3.29. The van der Waals surface area contributed by atoms with Gasteiger partial charge in [-0.2, -0.15) is 0 Å². The van der Waals surface area contributed by atoms with Crippen LogP contribution in [0.15, 0.2) is 106 Å². The van der Waals surface area contributed by atoms with Crippen molar-refractivity contribution in [2.24, 2.45) is 15.5 Å². The molecular formula is C29H24N4O6. The summed E-state index contributed by atoms with van der Waals surface area (Å²) in [6.45, 7) is 2.07. The van der Waals surface area contributed by atoms with E-state index in [4.69, 9.17) is 14.5 Å². The first-order valence-corrected chi connectivity index (χ1v) is 11.8. The van der Waals surface area contributed by atoms with Gasteiger partial charge in [0.05, 0.1) is 23.6 Å². The van der Waals surface area contributed by atoms with Crippen LogP contribution in [0, 0.1) is 17.0 Å². The highest BCUT2D eigenvalue weighted by atomic mass is 16.7. The lowest BCUT2D eigenvalue weighted by Gasteiger charge is -2.03. The molecule has 0 heterocycles. The van der Waals surface area contributed by atoms with Gasteiger partial charge in [-0.3, -0.25) is 10.1 Å². The molecule has 4 aromatic carbocycles. The fourth-order valence-corrected chi connectivity index (χ4v) is 3.32. The van der Waals surface area contributed by atoms with Gasteiger partial charge in [0, 0.05) is 11.6 Å². The molecule has 10 heteroatoms. The molecule has 0 spiro atoms. The molecule has 0 fully saturated rings. The number of oxime groups is 3. The van der Waals surface area contributed by atoms with Crippen molar-refractivity contribution in [2.75, 3.05) is 0 Å². The molecule has 0 saturated carbocycles. The first-order valence-electron chi connectivity index (χ1n) is 11.8. The Kier molecular flexibility index (Phi) is 8.95. The third-order valence-electron chi connectivity index (χ3n) is 5.32. The number of phenolic OH excluding ortho intramolecular Hbond substituents is 1. The fraction of sp³-hybridized carbons (Fsp3) is 0.0690. The maximum Gasteiger partial charge on any atom is 0.315 e. The van der Waals surface area contributed by atoms with Crippen molar-refractivity contribution in [3.05, 3.63) is 129 Å². The zero-order chi connectivity index (χ0) is 27.5. The van der Waals surface area contributed by atoms with E-state index in [1.54, 1.807) is 55.5 Å². The van der Waals surface area contributed by atoms with E-state index in [2.05, 4.69) is 15.5 Å². The molecule has 0 aliphatic carbocycles. The van der Waals surface area contributed by atoms with Crippen LogP contribution < -0.4 is 9.68 Å². The highest BCUT2D eigenvalue weighted by molar-refractivity contribution is 5.82. The van der Waals surface area contributed by atoms with Crippen molar-refractivity contribution >= 4 is 24.3 Å². The number of benzene rings is 4. The molecule has 0 bridgehead atoms. The number of rotatable bonds is 11. The van der Waals surface area contributed by atoms with Crippen molar-refractivity contribution in [1.29, 1.82) is 0 Å². The predicted molar refractivity (Wildman–Crippen MR) is 148 cm³/mol. The second kappa shape index (κ2) is 13.2. The smallest absolute Gasteiger partial charge is 0.315 e. The van der Waals surface area contributed by atoms with Gasteiger partial charge in [0.1, 0.15) is 12.4 Å². The van der Waals surface area contributed by atoms with E-state index in [1.165, 1.54) is 30.8 Å². The summed E-state index contributed by atoms with van der Waals surface area (Å²) in [6.07, 6.45) is 4.31. The number of hydrogen-bond donors (Lipinski definition) is 1. The summed E-state index contributed by atoms with van der Waals surface area (Å²) in [6, 6.07) is 25.9. The Morgan fingerprint density at radius 3 is 2.26 bits per heavy atom. The van der Waals surface area contributed by atoms with E-state index in [9.17, 15) is 15.2 Å². The molecule has 1 N–H and O–H groups in total. The van der Waals surface area contributed by atoms with Crippen molar-refractivity contribution in [2.45, 2.75) is 13.5 Å². The first-order chi connectivity index (χ1) is 19.0. The third kappa shape index (κ3) is 7.99. The van der Waals surface area contributed by atoms with Gasteiger partial charge < -0.3 is 19.6 Å². The maximum atomic E-state index is 11.6. The molecule has 0 aliphatic rings. The molecule has 4 rings (SSSR count). The number of hydrogen-bond acceptors (Lipinski definition) is 9. The van der Waals surface area contributed by atoms with E-state index in [0.717, 1.165) is 16.7 Å². The second-order valence-electron chi connectivity index (χ2n) is 8.25. The third-order valence-corrected chi connectivity index (χ3v) is 5.32. The van der Waals surface area contributed by atoms with Gasteiger partial charge in [0.25, 0.3) is 0 Å². The molecule has 39 heavy (non-hydrogen) atoms. The van der Waals surface area contributed by atoms with Crippen LogP contribution in [-0.4, -0.2) is 28.7 Å². The normalized spacial score (nSPS) is 11.3. The largest absolute Gasteiger partial charge is 0.508 e. The van der Waals surface area contributed by atoms with Crippen molar-refractivity contribution in [3.63, 3.8) is 0 Å². The van der Waals surface area contributed by atoms with Crippen LogP contribution in [0.25, 0.3) is 0 Å². The van der Waals surface area contributed by atoms with Gasteiger partial charge in [-0.25, -0.2) is 0 Å². The summed E-state index contributed by atoms with van der Waals surface area (Å²) in [5, 5.41) is 32.9. The Balaban J connectivity index is 1.35. The van der Waals surface area contributed by atoms with Gasteiger partial charge in [0.2, 0.25) is 5.75 Å². The van der Waals surface area contributed by atoms with Gasteiger partial charge in [-0.1, -0.05) is 57.9 Å². The summed E-state index contributed by atoms with van der Waals surface area (Å²) in [5.74, 6) is 0.635. The van der Waals surface area contributed by atoms with Crippen molar-refractivity contribution in [3.8, 4) is 17.2 Å². The fourth-order valence-electron chi connectivity index (χ4n) is 3.32. The summed E-state index contributed by atoms with van der Waals surface area (Å²) in [7, 11) is 0. The van der Waals surface area contributed by atoms with Crippen LogP contribution in [0.5, 0.6) is 17.2 Å². The quantitative estimate of drug-likeness (QED) is 0.146. The molecule has 0 atom stereocenters. The molecule has 0 aromatic heterocycles. The minimum absolute atomic E-state index is 0.0280. The van der Waals surface area contributed by atoms with Gasteiger partial charge in [0.15, 0.2) is 5.75 Å². The predicted octanol–water partition coefficient (Wildman–Crippen LogP) is 5.99. The van der Waals surface area contributed by atoms with E-state index in [0.29, 0.717) is 16.9 Å². The zero-order valence-electron chi connectivity index (χ0n) is 20.9. The Bertz CT molecular complexity index is 1520. The molecule has 0 aliphatic heterocycles. The molecule has 0 radical (unpaired) electrons. The van der Waals surface area contributed by atoms with E-state index in [-0.39, 0.29) is 23.8 Å². The molecule has 0 saturated heterocycles. The molecule has 4 aromatic rings. The summed E-state index contributed by atoms with van der Waals surface area (Å²) >= 11 is 0. The monoisotopic (exact) mass is 524 g/mol. The number of phenols is 1. The minimum Gasteiger partial charge on any atom is -0.508 e. The Labute approximate surface area is 224 Å². The highest BCUT2D eigenvalue weighted by Crippen LogP contribution is 2.28. The lowest BCUT2D eigenvalue weighted by Crippen LogP contribution is -1.96. The Morgan fingerprint density at radius 1 is 0.795 bits per heavy atom. The number of aryl methyl sites for hydroxylation is 1. The van der Waals surface area contributed by atoms with Crippen LogP contribution in [0.4, 0.5) is 5.69 Å². The standard InChI is InChI=1S/C29H24N4O6/c1-21-14-24(10-12-28(21)34)19-31-38-26-9-5-8-23(15-26)18-32-39-29-13-11-25(16-27(29)33(35)36)17-30-37-20-22-6-3-2-4-7-22/h2-19,34H,20H2,1H3/b30-17+,31-19+,32-18+. The lowest BCUT2D eigenvalue weighted by molar-refractivity contribution is -0.385.